The van der Waals surface area contributed by atoms with Gasteiger partial charge in [0.1, 0.15) is 11.5 Å². The molecule has 0 aliphatic heterocycles. The van der Waals surface area contributed by atoms with Crippen molar-refractivity contribution in [2.45, 2.75) is 45.2 Å². The number of phenolic OH excluding ortho intramolecular Hbond substituents is 2. The van der Waals surface area contributed by atoms with Crippen molar-refractivity contribution in [3.8, 4) is 11.5 Å². The van der Waals surface area contributed by atoms with Crippen molar-refractivity contribution < 1.29 is 10.2 Å². The zero-order valence-corrected chi connectivity index (χ0v) is 10.5. The molecular weight excluding hydrogens is 214 g/mol. The highest BCUT2D eigenvalue weighted by atomic mass is 16.3. The third-order valence-electron chi connectivity index (χ3n) is 3.81. The molecule has 0 radical (unpaired) electrons. The molecule has 2 rings (SSSR count). The van der Waals surface area contributed by atoms with Crippen molar-refractivity contribution in [1.82, 2.24) is 5.32 Å². The van der Waals surface area contributed by atoms with Crippen molar-refractivity contribution in [3.63, 3.8) is 0 Å². The standard InChI is InChI=1S/C14H21NO2/c1-9-4-3-5-13(9)15-10(2)12-7-6-11(16)8-14(12)17/h6-10,13,15-17H,3-5H2,1-2H3. The first-order valence-corrected chi connectivity index (χ1v) is 6.36. The fourth-order valence-electron chi connectivity index (χ4n) is 2.70. The maximum atomic E-state index is 9.80. The van der Waals surface area contributed by atoms with Crippen LogP contribution in [0.5, 0.6) is 11.5 Å². The van der Waals surface area contributed by atoms with E-state index in [4.69, 9.17) is 0 Å². The molecule has 94 valence electrons. The normalized spacial score (nSPS) is 26.0. The van der Waals surface area contributed by atoms with E-state index in [1.807, 2.05) is 0 Å². The van der Waals surface area contributed by atoms with Crippen LogP contribution in [-0.4, -0.2) is 16.3 Å². The van der Waals surface area contributed by atoms with E-state index in [2.05, 4.69) is 19.2 Å². The smallest absolute Gasteiger partial charge is 0.124 e. The van der Waals surface area contributed by atoms with Crippen LogP contribution in [0, 0.1) is 5.92 Å². The third kappa shape index (κ3) is 2.72. The summed E-state index contributed by atoms with van der Waals surface area (Å²) in [6.07, 6.45) is 3.78. The molecule has 1 aromatic rings. The summed E-state index contributed by atoms with van der Waals surface area (Å²) in [5.74, 6) is 0.972. The van der Waals surface area contributed by atoms with Gasteiger partial charge in [-0.3, -0.25) is 0 Å². The van der Waals surface area contributed by atoms with E-state index in [1.54, 1.807) is 12.1 Å². The van der Waals surface area contributed by atoms with Gasteiger partial charge in [-0.05, 0) is 31.7 Å². The minimum absolute atomic E-state index is 0.104. The van der Waals surface area contributed by atoms with Crippen LogP contribution in [0.15, 0.2) is 18.2 Å². The summed E-state index contributed by atoms with van der Waals surface area (Å²) in [5, 5.41) is 22.6. The number of hydrogen-bond acceptors (Lipinski definition) is 3. The van der Waals surface area contributed by atoms with Crippen LogP contribution in [0.2, 0.25) is 0 Å². The van der Waals surface area contributed by atoms with E-state index in [9.17, 15) is 10.2 Å². The molecular formula is C14H21NO2. The van der Waals surface area contributed by atoms with Crippen molar-refractivity contribution in [2.75, 3.05) is 0 Å². The number of benzene rings is 1. The van der Waals surface area contributed by atoms with E-state index in [0.717, 1.165) is 5.56 Å². The highest BCUT2D eigenvalue weighted by Gasteiger charge is 2.25. The lowest BCUT2D eigenvalue weighted by Crippen LogP contribution is -2.33. The van der Waals surface area contributed by atoms with Gasteiger partial charge in [0.05, 0.1) is 0 Å². The molecule has 1 aliphatic rings. The summed E-state index contributed by atoms with van der Waals surface area (Å²) in [6, 6.07) is 5.44. The first kappa shape index (κ1) is 12.2. The monoisotopic (exact) mass is 235 g/mol. The summed E-state index contributed by atoms with van der Waals surface area (Å²) in [5.41, 5.74) is 0.849. The fraction of sp³-hybridized carbons (Fsp3) is 0.571. The first-order valence-electron chi connectivity index (χ1n) is 6.36. The lowest BCUT2D eigenvalue weighted by Gasteiger charge is -2.23. The molecule has 0 heterocycles. The van der Waals surface area contributed by atoms with Crippen molar-refractivity contribution in [3.05, 3.63) is 23.8 Å². The van der Waals surface area contributed by atoms with Crippen LogP contribution in [0.1, 0.15) is 44.7 Å². The fourth-order valence-corrected chi connectivity index (χ4v) is 2.70. The molecule has 0 saturated heterocycles. The zero-order chi connectivity index (χ0) is 12.4. The second-order valence-electron chi connectivity index (χ2n) is 5.15. The molecule has 3 unspecified atom stereocenters. The minimum Gasteiger partial charge on any atom is -0.508 e. The van der Waals surface area contributed by atoms with Crippen LogP contribution in [0.3, 0.4) is 0 Å². The Morgan fingerprint density at radius 3 is 2.65 bits per heavy atom. The predicted molar refractivity (Wildman–Crippen MR) is 68.1 cm³/mol. The maximum absolute atomic E-state index is 9.80. The Morgan fingerprint density at radius 1 is 1.29 bits per heavy atom. The zero-order valence-electron chi connectivity index (χ0n) is 10.5. The first-order chi connectivity index (χ1) is 8.08. The average molecular weight is 235 g/mol. The largest absolute Gasteiger partial charge is 0.508 e. The van der Waals surface area contributed by atoms with Crippen LogP contribution >= 0.6 is 0 Å². The van der Waals surface area contributed by atoms with Gasteiger partial charge < -0.3 is 15.5 Å². The Bertz CT molecular complexity index is 392. The third-order valence-corrected chi connectivity index (χ3v) is 3.81. The molecule has 0 amide bonds. The topological polar surface area (TPSA) is 52.5 Å². The lowest BCUT2D eigenvalue weighted by atomic mass is 10.0. The van der Waals surface area contributed by atoms with Gasteiger partial charge in [0.2, 0.25) is 0 Å². The van der Waals surface area contributed by atoms with Crippen molar-refractivity contribution in [2.24, 2.45) is 5.92 Å². The van der Waals surface area contributed by atoms with E-state index >= 15 is 0 Å². The van der Waals surface area contributed by atoms with Gasteiger partial charge in [0, 0.05) is 23.7 Å². The summed E-state index contributed by atoms with van der Waals surface area (Å²) < 4.78 is 0. The predicted octanol–water partition coefficient (Wildman–Crippen LogP) is 2.94. The Labute approximate surface area is 102 Å². The van der Waals surface area contributed by atoms with E-state index in [1.165, 1.54) is 25.3 Å². The van der Waals surface area contributed by atoms with Gasteiger partial charge >= 0.3 is 0 Å². The number of phenols is 2. The molecule has 0 spiro atoms. The van der Waals surface area contributed by atoms with Crippen LogP contribution < -0.4 is 5.32 Å². The number of aromatic hydroxyl groups is 2. The van der Waals surface area contributed by atoms with E-state index in [0.29, 0.717) is 12.0 Å². The maximum Gasteiger partial charge on any atom is 0.124 e. The average Bonchev–Trinajstić information content (AvgIpc) is 2.64. The Hall–Kier alpha value is -1.22. The van der Waals surface area contributed by atoms with Gasteiger partial charge in [-0.2, -0.15) is 0 Å². The van der Waals surface area contributed by atoms with E-state index < -0.39 is 0 Å². The highest BCUT2D eigenvalue weighted by Crippen LogP contribution is 2.31. The number of hydrogen-bond donors (Lipinski definition) is 3. The summed E-state index contributed by atoms with van der Waals surface area (Å²) >= 11 is 0. The lowest BCUT2D eigenvalue weighted by molar-refractivity contribution is 0.377. The summed E-state index contributed by atoms with van der Waals surface area (Å²) in [6.45, 7) is 4.32. The Kier molecular flexibility index (Phi) is 3.57. The number of nitrogens with one attached hydrogen (secondary N) is 1. The molecule has 3 N–H and O–H groups in total. The van der Waals surface area contributed by atoms with Crippen LogP contribution in [0.4, 0.5) is 0 Å². The Balaban J connectivity index is 2.06. The van der Waals surface area contributed by atoms with Crippen molar-refractivity contribution >= 4 is 0 Å². The molecule has 17 heavy (non-hydrogen) atoms. The quantitative estimate of drug-likeness (QED) is 0.755. The van der Waals surface area contributed by atoms with Gasteiger partial charge in [-0.1, -0.05) is 19.4 Å². The van der Waals surface area contributed by atoms with Crippen LogP contribution in [-0.2, 0) is 0 Å². The molecule has 1 aliphatic carbocycles. The summed E-state index contributed by atoms with van der Waals surface area (Å²) in [4.78, 5) is 0. The van der Waals surface area contributed by atoms with Crippen LogP contribution in [0.25, 0.3) is 0 Å². The SMILES string of the molecule is CC(NC1CCCC1C)c1ccc(O)cc1O. The molecule has 3 nitrogen and oxygen atoms in total. The van der Waals surface area contributed by atoms with Gasteiger partial charge in [-0.25, -0.2) is 0 Å². The number of rotatable bonds is 3. The second-order valence-corrected chi connectivity index (χ2v) is 5.15. The molecule has 1 fully saturated rings. The van der Waals surface area contributed by atoms with Gasteiger partial charge in [-0.15, -0.1) is 0 Å². The summed E-state index contributed by atoms with van der Waals surface area (Å²) in [7, 11) is 0. The Morgan fingerprint density at radius 2 is 2.06 bits per heavy atom. The minimum atomic E-state index is 0.104. The molecule has 1 aromatic carbocycles. The molecule has 1 saturated carbocycles. The molecule has 0 bridgehead atoms. The molecule has 0 aromatic heterocycles. The van der Waals surface area contributed by atoms with Crippen molar-refractivity contribution in [1.29, 1.82) is 0 Å². The second kappa shape index (κ2) is 4.96. The van der Waals surface area contributed by atoms with Gasteiger partial charge in [0.25, 0.3) is 0 Å². The molecule has 3 atom stereocenters. The van der Waals surface area contributed by atoms with E-state index in [-0.39, 0.29) is 17.5 Å². The molecule has 3 heteroatoms. The highest BCUT2D eigenvalue weighted by molar-refractivity contribution is 5.40. The van der Waals surface area contributed by atoms with Gasteiger partial charge in [0.15, 0.2) is 0 Å².